The van der Waals surface area contributed by atoms with Gasteiger partial charge in [0.1, 0.15) is 0 Å². The summed E-state index contributed by atoms with van der Waals surface area (Å²) in [5.41, 5.74) is 5.60. The molecule has 0 atom stereocenters. The quantitative estimate of drug-likeness (QED) is 0.660. The highest BCUT2D eigenvalue weighted by molar-refractivity contribution is 5.31. The van der Waals surface area contributed by atoms with Gasteiger partial charge in [-0.25, -0.2) is 0 Å². The van der Waals surface area contributed by atoms with E-state index in [0.29, 0.717) is 5.92 Å². The van der Waals surface area contributed by atoms with Crippen LogP contribution in [-0.4, -0.2) is 0 Å². The van der Waals surface area contributed by atoms with Gasteiger partial charge in [-0.3, -0.25) is 0 Å². The minimum Gasteiger partial charge on any atom is -0.0648 e. The van der Waals surface area contributed by atoms with Gasteiger partial charge in [-0.15, -0.1) is 0 Å². The lowest BCUT2D eigenvalue weighted by Crippen LogP contribution is -1.96. The monoisotopic (exact) mass is 252 g/mol. The molecule has 2 aromatic carbocycles. The number of hydrogen-bond acceptors (Lipinski definition) is 0. The first kappa shape index (κ1) is 13.9. The number of rotatable bonds is 5. The summed E-state index contributed by atoms with van der Waals surface area (Å²) in [6.45, 7) is 6.68. The van der Waals surface area contributed by atoms with Crippen LogP contribution in [0.1, 0.15) is 54.9 Å². The summed E-state index contributed by atoms with van der Waals surface area (Å²) in [6, 6.07) is 18.0. The van der Waals surface area contributed by atoms with E-state index in [1.165, 1.54) is 35.1 Å². The maximum Gasteiger partial charge on any atom is -0.00258 e. The van der Waals surface area contributed by atoms with Gasteiger partial charge in [0.25, 0.3) is 0 Å². The summed E-state index contributed by atoms with van der Waals surface area (Å²) in [5, 5.41) is 0. The molecule has 0 heterocycles. The molecule has 0 aliphatic carbocycles. The second-order valence-electron chi connectivity index (χ2n) is 5.42. The molecule has 0 N–H and O–H groups in total. The van der Waals surface area contributed by atoms with E-state index in [4.69, 9.17) is 0 Å². The molecule has 0 bridgehead atoms. The SMILES string of the molecule is CCC(CC)c1ccc(Cc2ccc(C)cc2)cc1. The maximum atomic E-state index is 2.31. The number of aryl methyl sites for hydroxylation is 1. The Balaban J connectivity index is 2.08. The Morgan fingerprint density at radius 3 is 1.68 bits per heavy atom. The molecular weight excluding hydrogens is 228 g/mol. The minimum absolute atomic E-state index is 0.716. The molecule has 0 radical (unpaired) electrons. The highest BCUT2D eigenvalue weighted by atomic mass is 14.1. The largest absolute Gasteiger partial charge is 0.0648 e. The van der Waals surface area contributed by atoms with E-state index in [0.717, 1.165) is 6.42 Å². The fraction of sp³-hybridized carbons (Fsp3) is 0.368. The highest BCUT2D eigenvalue weighted by Crippen LogP contribution is 2.23. The third-order valence-electron chi connectivity index (χ3n) is 3.97. The van der Waals surface area contributed by atoms with Gasteiger partial charge in [0.2, 0.25) is 0 Å². The van der Waals surface area contributed by atoms with E-state index < -0.39 is 0 Å². The Hall–Kier alpha value is -1.56. The zero-order valence-electron chi connectivity index (χ0n) is 12.3. The molecule has 0 nitrogen and oxygen atoms in total. The van der Waals surface area contributed by atoms with Crippen molar-refractivity contribution in [2.45, 2.75) is 46.0 Å². The third kappa shape index (κ3) is 3.70. The van der Waals surface area contributed by atoms with Crippen molar-refractivity contribution in [2.75, 3.05) is 0 Å². The van der Waals surface area contributed by atoms with E-state index in [1.54, 1.807) is 0 Å². The lowest BCUT2D eigenvalue weighted by molar-refractivity contribution is 0.641. The predicted molar refractivity (Wildman–Crippen MR) is 83.8 cm³/mol. The molecule has 0 aliphatic rings. The summed E-state index contributed by atoms with van der Waals surface area (Å²) < 4.78 is 0. The standard InChI is InChI=1S/C19H24/c1-4-18(5-2)19-12-10-17(11-13-19)14-16-8-6-15(3)7-9-16/h6-13,18H,4-5,14H2,1-3H3. The lowest BCUT2D eigenvalue weighted by atomic mass is 9.92. The average molecular weight is 252 g/mol. The van der Waals surface area contributed by atoms with Crippen molar-refractivity contribution in [3.8, 4) is 0 Å². The van der Waals surface area contributed by atoms with E-state index in [2.05, 4.69) is 69.3 Å². The van der Waals surface area contributed by atoms with E-state index in [-0.39, 0.29) is 0 Å². The molecule has 19 heavy (non-hydrogen) atoms. The first-order valence-corrected chi connectivity index (χ1v) is 7.37. The Kier molecular flexibility index (Phi) is 4.79. The van der Waals surface area contributed by atoms with Crippen LogP contribution >= 0.6 is 0 Å². The van der Waals surface area contributed by atoms with Crippen molar-refractivity contribution < 1.29 is 0 Å². The van der Waals surface area contributed by atoms with Crippen LogP contribution in [0.2, 0.25) is 0 Å². The predicted octanol–water partition coefficient (Wildman–Crippen LogP) is 5.49. The zero-order valence-corrected chi connectivity index (χ0v) is 12.3. The van der Waals surface area contributed by atoms with E-state index in [9.17, 15) is 0 Å². The van der Waals surface area contributed by atoms with Crippen LogP contribution in [0.3, 0.4) is 0 Å². The summed E-state index contributed by atoms with van der Waals surface area (Å²) in [7, 11) is 0. The molecular formula is C19H24. The molecule has 2 rings (SSSR count). The highest BCUT2D eigenvalue weighted by Gasteiger charge is 2.06. The maximum absolute atomic E-state index is 2.31. The van der Waals surface area contributed by atoms with E-state index >= 15 is 0 Å². The summed E-state index contributed by atoms with van der Waals surface area (Å²) >= 11 is 0. The van der Waals surface area contributed by atoms with Crippen molar-refractivity contribution >= 4 is 0 Å². The first-order chi connectivity index (χ1) is 9.22. The second-order valence-corrected chi connectivity index (χ2v) is 5.42. The van der Waals surface area contributed by atoms with Crippen LogP contribution in [-0.2, 0) is 6.42 Å². The minimum atomic E-state index is 0.716. The van der Waals surface area contributed by atoms with Crippen LogP contribution < -0.4 is 0 Å². The number of benzene rings is 2. The fourth-order valence-corrected chi connectivity index (χ4v) is 2.61. The Labute approximate surface area is 117 Å². The molecule has 100 valence electrons. The Morgan fingerprint density at radius 1 is 0.737 bits per heavy atom. The van der Waals surface area contributed by atoms with Crippen LogP contribution in [0, 0.1) is 6.92 Å². The van der Waals surface area contributed by atoms with Crippen molar-refractivity contribution in [1.29, 1.82) is 0 Å². The summed E-state index contributed by atoms with van der Waals surface area (Å²) in [4.78, 5) is 0. The zero-order chi connectivity index (χ0) is 13.7. The van der Waals surface area contributed by atoms with Crippen molar-refractivity contribution in [1.82, 2.24) is 0 Å². The van der Waals surface area contributed by atoms with Gasteiger partial charge in [-0.2, -0.15) is 0 Å². The van der Waals surface area contributed by atoms with Crippen LogP contribution in [0.15, 0.2) is 48.5 Å². The van der Waals surface area contributed by atoms with Crippen molar-refractivity contribution in [2.24, 2.45) is 0 Å². The van der Waals surface area contributed by atoms with Crippen LogP contribution in [0.4, 0.5) is 0 Å². The molecule has 0 heteroatoms. The molecule has 0 saturated heterocycles. The van der Waals surface area contributed by atoms with Gasteiger partial charge in [-0.05, 0) is 48.8 Å². The van der Waals surface area contributed by atoms with Crippen LogP contribution in [0.25, 0.3) is 0 Å². The summed E-state index contributed by atoms with van der Waals surface area (Å²) in [6.07, 6.45) is 3.49. The number of hydrogen-bond donors (Lipinski definition) is 0. The topological polar surface area (TPSA) is 0 Å². The second kappa shape index (κ2) is 6.56. The van der Waals surface area contributed by atoms with Gasteiger partial charge >= 0.3 is 0 Å². The molecule has 0 fully saturated rings. The first-order valence-electron chi connectivity index (χ1n) is 7.37. The average Bonchev–Trinajstić information content (AvgIpc) is 2.44. The molecule has 0 saturated carbocycles. The fourth-order valence-electron chi connectivity index (χ4n) is 2.61. The molecule has 2 aromatic rings. The Morgan fingerprint density at radius 2 is 1.21 bits per heavy atom. The molecule has 0 amide bonds. The van der Waals surface area contributed by atoms with Gasteiger partial charge in [-0.1, -0.05) is 67.9 Å². The summed E-state index contributed by atoms with van der Waals surface area (Å²) in [5.74, 6) is 0.716. The third-order valence-corrected chi connectivity index (χ3v) is 3.97. The molecule has 0 unspecified atom stereocenters. The van der Waals surface area contributed by atoms with Crippen molar-refractivity contribution in [3.63, 3.8) is 0 Å². The van der Waals surface area contributed by atoms with Gasteiger partial charge < -0.3 is 0 Å². The van der Waals surface area contributed by atoms with Crippen molar-refractivity contribution in [3.05, 3.63) is 70.8 Å². The molecule has 0 spiro atoms. The normalized spacial score (nSPS) is 10.9. The molecule has 0 aliphatic heterocycles. The van der Waals surface area contributed by atoms with Crippen LogP contribution in [0.5, 0.6) is 0 Å². The molecule has 0 aromatic heterocycles. The van der Waals surface area contributed by atoms with Gasteiger partial charge in [0, 0.05) is 0 Å². The lowest BCUT2D eigenvalue weighted by Gasteiger charge is -2.13. The smallest absolute Gasteiger partial charge is 0.00258 e. The van der Waals surface area contributed by atoms with Gasteiger partial charge in [0.05, 0.1) is 0 Å². The van der Waals surface area contributed by atoms with Gasteiger partial charge in [0.15, 0.2) is 0 Å². The van der Waals surface area contributed by atoms with E-state index in [1.807, 2.05) is 0 Å². The Bertz CT molecular complexity index is 487.